The fourth-order valence-electron chi connectivity index (χ4n) is 5.68. The van der Waals surface area contributed by atoms with Gasteiger partial charge in [0.2, 0.25) is 6.79 Å². The second-order valence-corrected chi connectivity index (χ2v) is 10.2. The molecule has 0 aliphatic carbocycles. The zero-order chi connectivity index (χ0) is 27.2. The second-order valence-electron chi connectivity index (χ2n) is 10.2. The monoisotopic (exact) mass is 532 g/mol. The molecular formula is C27H40N4O7. The molecule has 11 heteroatoms. The highest BCUT2D eigenvalue weighted by Crippen LogP contribution is 2.42. The second kappa shape index (κ2) is 12.7. The van der Waals surface area contributed by atoms with Gasteiger partial charge in [0, 0.05) is 51.7 Å². The lowest BCUT2D eigenvalue weighted by Crippen LogP contribution is -2.50. The Morgan fingerprint density at radius 1 is 1.16 bits per heavy atom. The number of urea groups is 1. The fourth-order valence-corrected chi connectivity index (χ4v) is 5.68. The summed E-state index contributed by atoms with van der Waals surface area (Å²) in [7, 11) is 1.78. The number of hydroxylamine groups is 2. The number of likely N-dealkylation sites (tertiary alicyclic amines) is 1. The summed E-state index contributed by atoms with van der Waals surface area (Å²) < 4.78 is 11.0. The number of nitrogens with zero attached hydrogens (tertiary/aromatic N) is 4. The Morgan fingerprint density at radius 2 is 1.95 bits per heavy atom. The van der Waals surface area contributed by atoms with Crippen LogP contribution in [0.5, 0.6) is 11.5 Å². The SMILES string of the molecule is CCCON(CCC)C(=O)CN1C[C@H](c2ccc3c(c2)OCO3)[C@@H](C(=O)O)[C@@H]1CCN1CCCN(C)C1=O. The summed E-state index contributed by atoms with van der Waals surface area (Å²) in [6.07, 6.45) is 2.86. The highest BCUT2D eigenvalue weighted by Gasteiger charge is 2.47. The minimum atomic E-state index is -0.914. The van der Waals surface area contributed by atoms with E-state index in [2.05, 4.69) is 0 Å². The minimum Gasteiger partial charge on any atom is -0.481 e. The third-order valence-corrected chi connectivity index (χ3v) is 7.57. The van der Waals surface area contributed by atoms with Gasteiger partial charge in [0.05, 0.1) is 19.1 Å². The van der Waals surface area contributed by atoms with Crippen molar-refractivity contribution < 1.29 is 33.8 Å². The van der Waals surface area contributed by atoms with Crippen LogP contribution in [0.15, 0.2) is 18.2 Å². The smallest absolute Gasteiger partial charge is 0.319 e. The van der Waals surface area contributed by atoms with Crippen LogP contribution in [-0.4, -0.2) is 109 Å². The summed E-state index contributed by atoms with van der Waals surface area (Å²) in [5, 5.41) is 11.8. The number of carbonyl (C=O) groups is 3. The standard InChI is InChI=1S/C27H40N4O7/c1-4-10-31(38-14-5-2)24(32)17-30-16-20(19-7-8-22-23(15-19)37-18-36-22)25(26(33)34)21(30)9-13-29-12-6-11-28(3)27(29)35/h7-8,15,20-21,25H,4-6,9-14,16-18H2,1-3H3,(H,33,34)/t20-,21+,25-/m1/s1. The zero-order valence-corrected chi connectivity index (χ0v) is 22.6. The first kappa shape index (κ1) is 28.0. The molecule has 2 saturated heterocycles. The van der Waals surface area contributed by atoms with Gasteiger partial charge in [-0.15, -0.1) is 0 Å². The normalized spacial score (nSPS) is 23.2. The van der Waals surface area contributed by atoms with E-state index < -0.39 is 17.9 Å². The van der Waals surface area contributed by atoms with Crippen LogP contribution >= 0.6 is 0 Å². The number of carbonyl (C=O) groups excluding carboxylic acids is 2. The Hall–Kier alpha value is -3.05. The van der Waals surface area contributed by atoms with Crippen molar-refractivity contribution in [2.45, 2.75) is 51.5 Å². The van der Waals surface area contributed by atoms with E-state index in [1.807, 2.05) is 36.9 Å². The third kappa shape index (κ3) is 6.15. The van der Waals surface area contributed by atoms with Crippen molar-refractivity contribution >= 4 is 17.9 Å². The van der Waals surface area contributed by atoms with Gasteiger partial charge in [0.15, 0.2) is 11.5 Å². The molecular weight excluding hydrogens is 492 g/mol. The average molecular weight is 533 g/mol. The van der Waals surface area contributed by atoms with Gasteiger partial charge in [-0.25, -0.2) is 9.86 Å². The molecule has 3 atom stereocenters. The molecule has 3 heterocycles. The molecule has 38 heavy (non-hydrogen) atoms. The van der Waals surface area contributed by atoms with E-state index in [1.165, 1.54) is 5.06 Å². The van der Waals surface area contributed by atoms with Gasteiger partial charge in [-0.2, -0.15) is 0 Å². The molecule has 3 aliphatic rings. The van der Waals surface area contributed by atoms with E-state index in [0.717, 1.165) is 24.8 Å². The van der Waals surface area contributed by atoms with Gasteiger partial charge in [-0.05, 0) is 43.4 Å². The van der Waals surface area contributed by atoms with Gasteiger partial charge < -0.3 is 24.4 Å². The Kier molecular flexibility index (Phi) is 9.32. The fraction of sp³-hybridized carbons (Fsp3) is 0.667. The summed E-state index contributed by atoms with van der Waals surface area (Å²) in [6.45, 7) is 7.26. The molecule has 1 aromatic rings. The predicted molar refractivity (Wildman–Crippen MR) is 139 cm³/mol. The Balaban J connectivity index is 1.58. The third-order valence-electron chi connectivity index (χ3n) is 7.57. The van der Waals surface area contributed by atoms with Gasteiger partial charge >= 0.3 is 12.0 Å². The van der Waals surface area contributed by atoms with Crippen LogP contribution in [0.3, 0.4) is 0 Å². The van der Waals surface area contributed by atoms with Crippen molar-refractivity contribution in [3.8, 4) is 11.5 Å². The van der Waals surface area contributed by atoms with Crippen molar-refractivity contribution in [3.05, 3.63) is 23.8 Å². The summed E-state index contributed by atoms with van der Waals surface area (Å²) in [4.78, 5) is 49.9. The van der Waals surface area contributed by atoms with Gasteiger partial charge in [0.1, 0.15) is 0 Å². The molecule has 3 aliphatic heterocycles. The van der Waals surface area contributed by atoms with E-state index in [4.69, 9.17) is 14.3 Å². The van der Waals surface area contributed by atoms with Crippen molar-refractivity contribution in [3.63, 3.8) is 0 Å². The van der Waals surface area contributed by atoms with Gasteiger partial charge in [-0.1, -0.05) is 19.9 Å². The van der Waals surface area contributed by atoms with Crippen molar-refractivity contribution in [2.24, 2.45) is 5.92 Å². The molecule has 0 saturated carbocycles. The summed E-state index contributed by atoms with van der Waals surface area (Å²) >= 11 is 0. The molecule has 1 N–H and O–H groups in total. The number of fused-ring (bicyclic) bond motifs is 1. The molecule has 0 unspecified atom stereocenters. The minimum absolute atomic E-state index is 0.0434. The lowest BCUT2D eigenvalue weighted by molar-refractivity contribution is -0.188. The summed E-state index contributed by atoms with van der Waals surface area (Å²) in [6, 6.07) is 5.07. The van der Waals surface area contributed by atoms with Gasteiger partial charge in [0.25, 0.3) is 5.91 Å². The van der Waals surface area contributed by atoms with Crippen molar-refractivity contribution in [1.82, 2.24) is 19.8 Å². The number of benzene rings is 1. The first-order valence-electron chi connectivity index (χ1n) is 13.6. The lowest BCUT2D eigenvalue weighted by Gasteiger charge is -2.35. The zero-order valence-electron chi connectivity index (χ0n) is 22.6. The maximum atomic E-state index is 13.3. The largest absolute Gasteiger partial charge is 0.481 e. The molecule has 210 valence electrons. The highest BCUT2D eigenvalue weighted by atomic mass is 16.7. The number of amides is 3. The topological polar surface area (TPSA) is 112 Å². The number of ether oxygens (including phenoxy) is 2. The average Bonchev–Trinajstić information content (AvgIpc) is 3.51. The number of hydrogen-bond donors (Lipinski definition) is 1. The van der Waals surface area contributed by atoms with E-state index in [0.29, 0.717) is 57.3 Å². The molecule has 4 rings (SSSR count). The van der Waals surface area contributed by atoms with E-state index in [-0.39, 0.29) is 31.2 Å². The molecule has 2 fully saturated rings. The molecule has 11 nitrogen and oxygen atoms in total. The lowest BCUT2D eigenvalue weighted by atomic mass is 9.84. The first-order chi connectivity index (χ1) is 18.3. The van der Waals surface area contributed by atoms with Crippen LogP contribution in [0.1, 0.15) is 51.0 Å². The van der Waals surface area contributed by atoms with Crippen LogP contribution in [0, 0.1) is 5.92 Å². The van der Waals surface area contributed by atoms with Crippen LogP contribution in [0.2, 0.25) is 0 Å². The number of rotatable bonds is 12. The van der Waals surface area contributed by atoms with E-state index in [9.17, 15) is 19.5 Å². The molecule has 0 aromatic heterocycles. The van der Waals surface area contributed by atoms with Gasteiger partial charge in [-0.3, -0.25) is 19.3 Å². The van der Waals surface area contributed by atoms with E-state index >= 15 is 0 Å². The first-order valence-corrected chi connectivity index (χ1v) is 13.6. The van der Waals surface area contributed by atoms with Crippen LogP contribution in [-0.2, 0) is 14.4 Å². The summed E-state index contributed by atoms with van der Waals surface area (Å²) in [5.41, 5.74) is 0.836. The Labute approximate surface area is 224 Å². The Bertz CT molecular complexity index is 1010. The number of carboxylic acids is 1. The van der Waals surface area contributed by atoms with Crippen LogP contribution in [0.4, 0.5) is 4.79 Å². The highest BCUT2D eigenvalue weighted by molar-refractivity contribution is 5.78. The van der Waals surface area contributed by atoms with Crippen LogP contribution < -0.4 is 9.47 Å². The quantitative estimate of drug-likeness (QED) is 0.409. The number of hydrogen-bond acceptors (Lipinski definition) is 7. The maximum absolute atomic E-state index is 13.3. The summed E-state index contributed by atoms with van der Waals surface area (Å²) in [5.74, 6) is -0.968. The Morgan fingerprint density at radius 3 is 2.68 bits per heavy atom. The maximum Gasteiger partial charge on any atom is 0.319 e. The molecule has 3 amide bonds. The van der Waals surface area contributed by atoms with E-state index in [1.54, 1.807) is 16.8 Å². The van der Waals surface area contributed by atoms with Crippen LogP contribution in [0.25, 0.3) is 0 Å². The van der Waals surface area contributed by atoms with Crippen molar-refractivity contribution in [2.75, 3.05) is 59.7 Å². The number of aliphatic carboxylic acids is 1. The predicted octanol–water partition coefficient (Wildman–Crippen LogP) is 2.61. The molecule has 0 spiro atoms. The number of carboxylic acid groups (broad SMARTS) is 1. The van der Waals surface area contributed by atoms with Crippen molar-refractivity contribution in [1.29, 1.82) is 0 Å². The molecule has 1 aromatic carbocycles. The molecule has 0 radical (unpaired) electrons. The molecule has 0 bridgehead atoms.